The Kier molecular flexibility index (Phi) is 140. The van der Waals surface area contributed by atoms with Gasteiger partial charge in [0.15, 0.2) is 0 Å². The molecule has 0 saturated heterocycles. The molecule has 2 N–H and O–H groups in total. The van der Waals surface area contributed by atoms with Gasteiger partial charge in [0, 0.05) is 0 Å². The van der Waals surface area contributed by atoms with E-state index in [4.69, 9.17) is 0 Å². The van der Waals surface area contributed by atoms with Crippen molar-refractivity contribution in [1.82, 2.24) is 0 Å². The van der Waals surface area contributed by atoms with Gasteiger partial charge in [-0.1, -0.05) is 0 Å². The summed E-state index contributed by atoms with van der Waals surface area (Å²) in [5.74, 6) is 0. The van der Waals surface area contributed by atoms with Crippen molar-refractivity contribution in [2.45, 2.75) is 0 Å². The maximum atomic E-state index is 0. The van der Waals surface area contributed by atoms with Gasteiger partial charge in [-0.2, -0.15) is 0 Å². The molecule has 0 aliphatic carbocycles. The van der Waals surface area contributed by atoms with Crippen LogP contribution in [0.3, 0.4) is 0 Å². The van der Waals surface area contributed by atoms with Gasteiger partial charge >= 0.3 is 80.1 Å². The Morgan fingerprint density at radius 3 is 1.00 bits per heavy atom. The van der Waals surface area contributed by atoms with Crippen LogP contribution in [0.1, 0.15) is 0 Å². The molecule has 0 bridgehead atoms. The number of rotatable bonds is 0. The van der Waals surface area contributed by atoms with Gasteiger partial charge < -0.3 is 5.48 Å². The Hall–Kier alpha value is 2.50. The van der Waals surface area contributed by atoms with Crippen LogP contribution in [0.25, 0.3) is 0 Å². The van der Waals surface area contributed by atoms with Crippen LogP contribution >= 0.6 is 0 Å². The van der Waals surface area contributed by atoms with Crippen molar-refractivity contribution in [2.75, 3.05) is 0 Å². The Morgan fingerprint density at radius 2 is 1.00 bits per heavy atom. The molecule has 0 aliphatic heterocycles. The van der Waals surface area contributed by atoms with Crippen LogP contribution in [0.2, 0.25) is 0 Å². The van der Waals surface area contributed by atoms with Gasteiger partial charge in [0.1, 0.15) is 0 Å². The molecule has 0 rings (SSSR count). The van der Waals surface area contributed by atoms with Crippen LogP contribution in [0.4, 0.5) is 0 Å². The zero-order valence-electron chi connectivity index (χ0n) is 1.00. The zero-order valence-corrected chi connectivity index (χ0v) is 3.10. The van der Waals surface area contributed by atoms with E-state index in [9.17, 15) is 0 Å². The molecule has 0 saturated carbocycles. The van der Waals surface area contributed by atoms with Crippen molar-refractivity contribution < 1.29 is 5.48 Å². The topological polar surface area (TPSA) is 31.5 Å². The van der Waals surface area contributed by atoms with E-state index in [1.807, 2.05) is 0 Å². The summed E-state index contributed by atoms with van der Waals surface area (Å²) in [6, 6.07) is 0. The Labute approximate surface area is 83.9 Å². The summed E-state index contributed by atoms with van der Waals surface area (Å²) < 4.78 is 0. The second-order valence-electron chi connectivity index (χ2n) is 0. The van der Waals surface area contributed by atoms with E-state index < -0.39 is 0 Å². The van der Waals surface area contributed by atoms with Crippen molar-refractivity contribution in [3.63, 3.8) is 0 Å². The van der Waals surface area contributed by atoms with E-state index in [-0.39, 0.29) is 85.6 Å². The van der Waals surface area contributed by atoms with Crippen LogP contribution in [0.5, 0.6) is 0 Å². The first-order chi connectivity index (χ1) is 0. The molecule has 0 spiro atoms. The van der Waals surface area contributed by atoms with Gasteiger partial charge in [-0.05, 0) is 0 Å². The van der Waals surface area contributed by atoms with E-state index in [1.54, 1.807) is 0 Å². The minimum atomic E-state index is 0. The molecule has 4 heteroatoms. The minimum absolute atomic E-state index is 0. The summed E-state index contributed by atoms with van der Waals surface area (Å²) in [4.78, 5) is 0. The van der Waals surface area contributed by atoms with Crippen LogP contribution < -0.4 is 0 Å². The van der Waals surface area contributed by atoms with Gasteiger partial charge in [-0.25, -0.2) is 0 Å². The quantitative estimate of drug-likeness (QED) is 0.399. The third-order valence-corrected chi connectivity index (χ3v) is 0. The van der Waals surface area contributed by atoms with Gasteiger partial charge in [-0.15, -0.1) is 0 Å². The molecule has 0 aromatic carbocycles. The average Bonchev–Trinajstić information content (AvgIpc) is 0. The van der Waals surface area contributed by atoms with Crippen molar-refractivity contribution in [2.24, 2.45) is 0 Å². The fraction of sp³-hybridized carbons (Fsp3) is 0. The molecule has 0 aliphatic rings. The van der Waals surface area contributed by atoms with Crippen LogP contribution in [0.15, 0.2) is 0 Å². The van der Waals surface area contributed by atoms with Crippen LogP contribution in [-0.2, 0) is 0 Å². The Morgan fingerprint density at radius 1 is 1.00 bits per heavy atom. The predicted octanol–water partition coefficient (Wildman–Crippen LogP) is -4.11. The molecule has 0 radical (unpaired) electrons. The number of hydrogen-bond acceptors (Lipinski definition) is 0. The standard InChI is InChI=1S/GeH4.H2O.H2Se.Sr.2H/h1H4;2*1H2;;;. The molecular formula is H10GeOSeSr. The average molecular weight is 265 g/mol. The first kappa shape index (κ1) is 31.4. The monoisotopic (exact) mass is 268 g/mol. The van der Waals surface area contributed by atoms with E-state index in [2.05, 4.69) is 0 Å². The molecule has 0 atom stereocenters. The van der Waals surface area contributed by atoms with Crippen molar-refractivity contribution in [3.05, 3.63) is 0 Å². The van der Waals surface area contributed by atoms with Gasteiger partial charge in [-0.3, -0.25) is 0 Å². The van der Waals surface area contributed by atoms with Crippen LogP contribution in [-0.4, -0.2) is 85.6 Å². The first-order valence-corrected chi connectivity index (χ1v) is 0. The second kappa shape index (κ2) is 17.8. The number of hydrogen-bond donors (Lipinski definition) is 0. The fourth-order valence-electron chi connectivity index (χ4n) is 0. The predicted molar refractivity (Wildman–Crippen MR) is 32.0 cm³/mol. The van der Waals surface area contributed by atoms with Crippen molar-refractivity contribution in [1.29, 1.82) is 0 Å². The molecule has 0 aromatic heterocycles. The van der Waals surface area contributed by atoms with Gasteiger partial charge in [0.05, 0.1) is 0 Å². The first-order valence-electron chi connectivity index (χ1n) is 0. The van der Waals surface area contributed by atoms with E-state index in [0.717, 1.165) is 0 Å². The van der Waals surface area contributed by atoms with Crippen LogP contribution in [0, 0.1) is 0 Å². The normalized spacial score (nSPS) is 0. The Balaban J connectivity index is 0. The SMILES string of the molecule is O.[GeH4].[SeH2].[SrH2]. The second-order valence-corrected chi connectivity index (χ2v) is 0. The zero-order chi connectivity index (χ0) is 0. The molecular weight excluding hydrogens is 255 g/mol. The molecule has 4 heavy (non-hydrogen) atoms. The summed E-state index contributed by atoms with van der Waals surface area (Å²) in [6.07, 6.45) is 0. The summed E-state index contributed by atoms with van der Waals surface area (Å²) in [6.45, 7) is 0. The fourth-order valence-corrected chi connectivity index (χ4v) is 0. The Bertz CT molecular complexity index is 8.00. The summed E-state index contributed by atoms with van der Waals surface area (Å²) in [7, 11) is 0. The molecule has 0 aromatic rings. The maximum absolute atomic E-state index is 0. The van der Waals surface area contributed by atoms with E-state index in [0.29, 0.717) is 0 Å². The molecule has 0 heterocycles. The molecule has 0 fully saturated rings. The third-order valence-electron chi connectivity index (χ3n) is 0. The molecule has 0 amide bonds. The summed E-state index contributed by atoms with van der Waals surface area (Å²) >= 11 is 0. The van der Waals surface area contributed by atoms with Gasteiger partial charge in [0.2, 0.25) is 0 Å². The van der Waals surface area contributed by atoms with Crippen molar-refractivity contribution >= 4 is 80.1 Å². The van der Waals surface area contributed by atoms with Crippen molar-refractivity contribution in [3.8, 4) is 0 Å². The third kappa shape index (κ3) is 8.82. The van der Waals surface area contributed by atoms with E-state index in [1.165, 1.54) is 0 Å². The van der Waals surface area contributed by atoms with Gasteiger partial charge in [0.25, 0.3) is 0 Å². The van der Waals surface area contributed by atoms with E-state index >= 15 is 0 Å². The molecule has 28 valence electrons. The molecule has 1 nitrogen and oxygen atoms in total. The summed E-state index contributed by atoms with van der Waals surface area (Å²) in [5.41, 5.74) is 0. The molecule has 0 unspecified atom stereocenters. The summed E-state index contributed by atoms with van der Waals surface area (Å²) in [5, 5.41) is 0.